The molecule has 1 saturated heterocycles. The molecule has 0 saturated carbocycles. The molecule has 0 bridgehead atoms. The maximum Gasteiger partial charge on any atom is 0.326 e. The van der Waals surface area contributed by atoms with E-state index in [0.29, 0.717) is 18.9 Å². The summed E-state index contributed by atoms with van der Waals surface area (Å²) in [6, 6.07) is 3.01. The number of nitrogens with zero attached hydrogens (tertiary/aromatic N) is 2. The molecule has 0 aromatic carbocycles. The van der Waals surface area contributed by atoms with Gasteiger partial charge in [-0.3, -0.25) is 9.78 Å². The molecule has 2 unspecified atom stereocenters. The molecule has 114 valence electrons. The number of rotatable bonds is 5. The van der Waals surface area contributed by atoms with Crippen LogP contribution >= 0.6 is 11.8 Å². The largest absolute Gasteiger partial charge is 0.480 e. The number of carboxylic acid groups (broad SMARTS) is 1. The highest BCUT2D eigenvalue weighted by Gasteiger charge is 2.35. The molecule has 1 amide bonds. The van der Waals surface area contributed by atoms with E-state index in [-0.39, 0.29) is 11.7 Å². The van der Waals surface area contributed by atoms with Crippen molar-refractivity contribution >= 4 is 23.6 Å². The number of hydrogen-bond acceptors (Lipinski definition) is 4. The van der Waals surface area contributed by atoms with E-state index in [1.54, 1.807) is 12.4 Å². The molecule has 1 fully saturated rings. The van der Waals surface area contributed by atoms with Crippen molar-refractivity contribution in [3.05, 3.63) is 24.5 Å². The average molecular weight is 308 g/mol. The molecule has 1 aromatic heterocycles. The number of amides is 1. The van der Waals surface area contributed by atoms with Crippen molar-refractivity contribution in [3.8, 4) is 0 Å². The number of carbonyl (C=O) groups excluding carboxylic acids is 1. The first kappa shape index (κ1) is 15.8. The third-order valence-electron chi connectivity index (χ3n) is 3.91. The number of likely N-dealkylation sites (tertiary alicyclic amines) is 1. The van der Waals surface area contributed by atoms with Gasteiger partial charge >= 0.3 is 5.97 Å². The summed E-state index contributed by atoms with van der Waals surface area (Å²) in [6.07, 6.45) is 5.79. The van der Waals surface area contributed by atoms with Crippen LogP contribution in [0.15, 0.2) is 29.4 Å². The first-order valence-electron chi connectivity index (χ1n) is 7.17. The van der Waals surface area contributed by atoms with Crippen LogP contribution < -0.4 is 0 Å². The van der Waals surface area contributed by atoms with E-state index in [1.807, 2.05) is 12.1 Å². The van der Waals surface area contributed by atoms with Crippen molar-refractivity contribution in [2.45, 2.75) is 37.1 Å². The molecule has 6 heteroatoms. The predicted molar refractivity (Wildman–Crippen MR) is 81.1 cm³/mol. The molecular weight excluding hydrogens is 288 g/mol. The van der Waals surface area contributed by atoms with E-state index < -0.39 is 12.0 Å². The summed E-state index contributed by atoms with van der Waals surface area (Å²) in [5, 5.41) is 9.35. The molecule has 1 N–H and O–H groups in total. The number of piperidine rings is 1. The maximum absolute atomic E-state index is 12.3. The van der Waals surface area contributed by atoms with Gasteiger partial charge in [-0.1, -0.05) is 13.3 Å². The van der Waals surface area contributed by atoms with E-state index in [2.05, 4.69) is 11.9 Å². The minimum atomic E-state index is -0.893. The van der Waals surface area contributed by atoms with Gasteiger partial charge in [-0.25, -0.2) is 4.79 Å². The molecule has 1 aliphatic rings. The Kier molecular flexibility index (Phi) is 5.61. The summed E-state index contributed by atoms with van der Waals surface area (Å²) in [6.45, 7) is 2.62. The summed E-state index contributed by atoms with van der Waals surface area (Å²) < 4.78 is 0. The maximum atomic E-state index is 12.3. The fourth-order valence-corrected chi connectivity index (χ4v) is 3.37. The van der Waals surface area contributed by atoms with Crippen molar-refractivity contribution in [1.29, 1.82) is 0 Å². The SMILES string of the molecule is CCC1CCN(C(=O)CSc2ccncc2)C(C(=O)O)C1. The van der Waals surface area contributed by atoms with Gasteiger partial charge in [0.05, 0.1) is 5.75 Å². The Labute approximate surface area is 128 Å². The Morgan fingerprint density at radius 1 is 1.43 bits per heavy atom. The van der Waals surface area contributed by atoms with Gasteiger partial charge in [0.2, 0.25) is 5.91 Å². The van der Waals surface area contributed by atoms with Crippen LogP contribution in [0.4, 0.5) is 0 Å². The molecule has 1 aromatic rings. The third kappa shape index (κ3) is 4.20. The average Bonchev–Trinajstić information content (AvgIpc) is 2.52. The zero-order valence-corrected chi connectivity index (χ0v) is 12.9. The lowest BCUT2D eigenvalue weighted by Crippen LogP contribution is -2.50. The lowest BCUT2D eigenvalue weighted by molar-refractivity contribution is -0.152. The van der Waals surface area contributed by atoms with E-state index in [9.17, 15) is 14.7 Å². The van der Waals surface area contributed by atoms with Gasteiger partial charge < -0.3 is 10.0 Å². The smallest absolute Gasteiger partial charge is 0.326 e. The Hall–Kier alpha value is -1.56. The molecule has 2 rings (SSSR count). The van der Waals surface area contributed by atoms with Crippen LogP contribution in [-0.4, -0.2) is 45.2 Å². The molecule has 0 spiro atoms. The second-order valence-electron chi connectivity index (χ2n) is 5.21. The Morgan fingerprint density at radius 3 is 2.76 bits per heavy atom. The summed E-state index contributed by atoms with van der Waals surface area (Å²) in [5.41, 5.74) is 0. The number of aliphatic carboxylic acids is 1. The van der Waals surface area contributed by atoms with Gasteiger partial charge in [-0.05, 0) is 30.9 Å². The van der Waals surface area contributed by atoms with Crippen LogP contribution in [-0.2, 0) is 9.59 Å². The highest BCUT2D eigenvalue weighted by Crippen LogP contribution is 2.27. The fourth-order valence-electron chi connectivity index (χ4n) is 2.60. The van der Waals surface area contributed by atoms with Gasteiger partial charge in [-0.2, -0.15) is 0 Å². The van der Waals surface area contributed by atoms with Crippen LogP contribution in [0.3, 0.4) is 0 Å². The lowest BCUT2D eigenvalue weighted by atomic mass is 9.89. The number of thioether (sulfide) groups is 1. The molecular formula is C15H20N2O3S. The molecule has 2 atom stereocenters. The number of hydrogen-bond donors (Lipinski definition) is 1. The zero-order valence-electron chi connectivity index (χ0n) is 12.1. The quantitative estimate of drug-likeness (QED) is 0.845. The highest BCUT2D eigenvalue weighted by molar-refractivity contribution is 8.00. The van der Waals surface area contributed by atoms with E-state index in [1.165, 1.54) is 16.7 Å². The van der Waals surface area contributed by atoms with Crippen LogP contribution in [0.5, 0.6) is 0 Å². The second kappa shape index (κ2) is 7.45. The summed E-state index contributed by atoms with van der Waals surface area (Å²) in [5.74, 6) is -0.318. The van der Waals surface area contributed by atoms with Gasteiger partial charge in [0, 0.05) is 23.8 Å². The molecule has 1 aliphatic heterocycles. The Bertz CT molecular complexity index is 495. The van der Waals surface area contributed by atoms with Crippen molar-refractivity contribution in [1.82, 2.24) is 9.88 Å². The minimum Gasteiger partial charge on any atom is -0.480 e. The van der Waals surface area contributed by atoms with Crippen LogP contribution in [0, 0.1) is 5.92 Å². The van der Waals surface area contributed by atoms with Gasteiger partial charge in [0.1, 0.15) is 6.04 Å². The third-order valence-corrected chi connectivity index (χ3v) is 4.90. The predicted octanol–water partition coefficient (Wildman–Crippen LogP) is 2.28. The topological polar surface area (TPSA) is 70.5 Å². The summed E-state index contributed by atoms with van der Waals surface area (Å²) in [7, 11) is 0. The van der Waals surface area contributed by atoms with Crippen molar-refractivity contribution in [2.24, 2.45) is 5.92 Å². The van der Waals surface area contributed by atoms with Crippen LogP contribution in [0.2, 0.25) is 0 Å². The number of carbonyl (C=O) groups is 2. The number of pyridine rings is 1. The fraction of sp³-hybridized carbons (Fsp3) is 0.533. The highest BCUT2D eigenvalue weighted by atomic mass is 32.2. The minimum absolute atomic E-state index is 0.0984. The van der Waals surface area contributed by atoms with Gasteiger partial charge in [0.15, 0.2) is 0 Å². The first-order valence-corrected chi connectivity index (χ1v) is 8.15. The number of carboxylic acids is 1. The van der Waals surface area contributed by atoms with Gasteiger partial charge in [0.25, 0.3) is 0 Å². The van der Waals surface area contributed by atoms with Crippen LogP contribution in [0.25, 0.3) is 0 Å². The van der Waals surface area contributed by atoms with Gasteiger partial charge in [-0.15, -0.1) is 11.8 Å². The molecule has 21 heavy (non-hydrogen) atoms. The van der Waals surface area contributed by atoms with E-state index in [0.717, 1.165) is 17.7 Å². The molecule has 2 heterocycles. The molecule has 0 radical (unpaired) electrons. The number of aromatic nitrogens is 1. The van der Waals surface area contributed by atoms with Crippen molar-refractivity contribution in [2.75, 3.05) is 12.3 Å². The van der Waals surface area contributed by atoms with E-state index in [4.69, 9.17) is 0 Å². The standard InChI is InChI=1S/C15H20N2O3S/c1-2-11-5-8-17(13(9-11)15(19)20)14(18)10-21-12-3-6-16-7-4-12/h3-4,6-7,11,13H,2,5,8-10H2,1H3,(H,19,20). The monoisotopic (exact) mass is 308 g/mol. The van der Waals surface area contributed by atoms with Crippen LogP contribution in [0.1, 0.15) is 26.2 Å². The van der Waals surface area contributed by atoms with E-state index >= 15 is 0 Å². The second-order valence-corrected chi connectivity index (χ2v) is 6.26. The Balaban J connectivity index is 1.95. The Morgan fingerprint density at radius 2 is 2.14 bits per heavy atom. The molecule has 5 nitrogen and oxygen atoms in total. The summed E-state index contributed by atoms with van der Waals surface area (Å²) >= 11 is 1.42. The zero-order chi connectivity index (χ0) is 15.2. The normalized spacial score (nSPS) is 22.0. The summed E-state index contributed by atoms with van der Waals surface area (Å²) in [4.78, 5) is 30.1. The lowest BCUT2D eigenvalue weighted by Gasteiger charge is -2.36. The first-order chi connectivity index (χ1) is 10.1. The van der Waals surface area contributed by atoms with Crippen molar-refractivity contribution < 1.29 is 14.7 Å². The van der Waals surface area contributed by atoms with Crippen molar-refractivity contribution in [3.63, 3.8) is 0 Å². The molecule has 0 aliphatic carbocycles.